The first-order valence-corrected chi connectivity index (χ1v) is 4.50. The van der Waals surface area contributed by atoms with Crippen LogP contribution in [0.4, 0.5) is 0 Å². The lowest BCUT2D eigenvalue weighted by atomic mass is 10.3. The molecule has 3 heteroatoms. The van der Waals surface area contributed by atoms with E-state index >= 15 is 0 Å². The van der Waals surface area contributed by atoms with E-state index in [1.807, 2.05) is 17.7 Å². The smallest absolute Gasteiger partial charge is 0.184 e. The van der Waals surface area contributed by atoms with Crippen molar-refractivity contribution >= 4 is 11.6 Å². The van der Waals surface area contributed by atoms with Crippen molar-refractivity contribution in [1.82, 2.24) is 4.57 Å². The lowest BCUT2D eigenvalue weighted by molar-refractivity contribution is 0.673. The van der Waals surface area contributed by atoms with Crippen LogP contribution in [0.3, 0.4) is 0 Å². The fourth-order valence-electron chi connectivity index (χ4n) is 1.03. The van der Waals surface area contributed by atoms with Crippen molar-refractivity contribution in [3.8, 4) is 0 Å². The summed E-state index contributed by atoms with van der Waals surface area (Å²) in [4.78, 5) is 11.0. The van der Waals surface area contributed by atoms with E-state index in [4.69, 9.17) is 11.6 Å². The molecular formula is C9H12ClNO. The number of aromatic nitrogens is 1. The van der Waals surface area contributed by atoms with Crippen molar-refractivity contribution in [2.45, 2.75) is 19.9 Å². The number of halogens is 1. The maximum absolute atomic E-state index is 11.0. The summed E-state index contributed by atoms with van der Waals surface area (Å²) in [7, 11) is 0. The molecule has 0 saturated carbocycles. The van der Waals surface area contributed by atoms with Gasteiger partial charge in [-0.3, -0.25) is 4.79 Å². The Morgan fingerprint density at radius 2 is 2.33 bits per heavy atom. The van der Waals surface area contributed by atoms with E-state index in [9.17, 15) is 4.79 Å². The Balaban J connectivity index is 2.75. The van der Waals surface area contributed by atoms with Crippen molar-refractivity contribution in [3.05, 3.63) is 34.2 Å². The number of hydrogen-bond acceptors (Lipinski definition) is 1. The van der Waals surface area contributed by atoms with Gasteiger partial charge in [-0.05, 0) is 13.3 Å². The van der Waals surface area contributed by atoms with E-state index in [-0.39, 0.29) is 5.43 Å². The number of alkyl halides is 1. The molecule has 0 unspecified atom stereocenters. The molecule has 0 aliphatic rings. The van der Waals surface area contributed by atoms with Crippen molar-refractivity contribution in [2.75, 3.05) is 5.88 Å². The highest BCUT2D eigenvalue weighted by Gasteiger charge is 1.93. The largest absolute Gasteiger partial charge is 0.354 e. The monoisotopic (exact) mass is 185 g/mol. The molecule has 1 aromatic heterocycles. The third kappa shape index (κ3) is 2.38. The van der Waals surface area contributed by atoms with Crippen LogP contribution in [0.2, 0.25) is 0 Å². The first kappa shape index (κ1) is 9.33. The van der Waals surface area contributed by atoms with Gasteiger partial charge in [0.1, 0.15) is 0 Å². The van der Waals surface area contributed by atoms with E-state index in [1.165, 1.54) is 0 Å². The molecule has 0 saturated heterocycles. The predicted octanol–water partition coefficient (Wildman–Crippen LogP) is 1.79. The van der Waals surface area contributed by atoms with Crippen molar-refractivity contribution in [3.63, 3.8) is 0 Å². The third-order valence-corrected chi connectivity index (χ3v) is 1.98. The number of aryl methyl sites for hydroxylation is 2. The lowest BCUT2D eigenvalue weighted by Crippen LogP contribution is -2.08. The number of rotatable bonds is 3. The molecule has 0 N–H and O–H groups in total. The molecule has 1 heterocycles. The van der Waals surface area contributed by atoms with Crippen LogP contribution in [-0.4, -0.2) is 10.4 Å². The van der Waals surface area contributed by atoms with Gasteiger partial charge in [0.2, 0.25) is 0 Å². The summed E-state index contributed by atoms with van der Waals surface area (Å²) in [6.07, 6.45) is 4.58. The van der Waals surface area contributed by atoms with E-state index in [1.54, 1.807) is 12.3 Å². The molecule has 0 bridgehead atoms. The second-order valence-electron chi connectivity index (χ2n) is 2.77. The molecule has 2 nitrogen and oxygen atoms in total. The molecule has 66 valence electrons. The Kier molecular flexibility index (Phi) is 3.35. The Morgan fingerprint density at radius 1 is 1.58 bits per heavy atom. The number of pyridine rings is 1. The molecule has 0 aliphatic heterocycles. The zero-order valence-electron chi connectivity index (χ0n) is 7.09. The van der Waals surface area contributed by atoms with Crippen LogP contribution < -0.4 is 5.43 Å². The van der Waals surface area contributed by atoms with Gasteiger partial charge in [0, 0.05) is 36.4 Å². The van der Waals surface area contributed by atoms with E-state index in [0.717, 1.165) is 18.5 Å². The Morgan fingerprint density at radius 3 is 2.92 bits per heavy atom. The van der Waals surface area contributed by atoms with Gasteiger partial charge in [0.15, 0.2) is 5.43 Å². The summed E-state index contributed by atoms with van der Waals surface area (Å²) >= 11 is 5.55. The minimum Gasteiger partial charge on any atom is -0.354 e. The second-order valence-corrected chi connectivity index (χ2v) is 3.15. The molecule has 0 aliphatic carbocycles. The van der Waals surface area contributed by atoms with Crippen molar-refractivity contribution < 1.29 is 0 Å². The molecule has 1 rings (SSSR count). The van der Waals surface area contributed by atoms with Gasteiger partial charge in [-0.2, -0.15) is 0 Å². The topological polar surface area (TPSA) is 22.0 Å². The Labute approximate surface area is 76.8 Å². The van der Waals surface area contributed by atoms with Gasteiger partial charge < -0.3 is 4.57 Å². The molecule has 0 atom stereocenters. The fourth-order valence-corrected chi connectivity index (χ4v) is 1.15. The molecule has 0 amide bonds. The highest BCUT2D eigenvalue weighted by atomic mass is 35.5. The molecule has 1 aromatic rings. The van der Waals surface area contributed by atoms with Crippen LogP contribution in [-0.2, 0) is 6.54 Å². The highest BCUT2D eigenvalue weighted by Crippen LogP contribution is 1.94. The summed E-state index contributed by atoms with van der Waals surface area (Å²) < 4.78 is 1.99. The van der Waals surface area contributed by atoms with Crippen molar-refractivity contribution in [2.24, 2.45) is 0 Å². The van der Waals surface area contributed by atoms with E-state index < -0.39 is 0 Å². The van der Waals surface area contributed by atoms with Crippen LogP contribution >= 0.6 is 11.6 Å². The summed E-state index contributed by atoms with van der Waals surface area (Å²) in [6.45, 7) is 2.70. The summed E-state index contributed by atoms with van der Waals surface area (Å²) in [5, 5.41) is 0. The standard InChI is InChI=1S/C9H12ClNO/c1-8-7-11(5-2-4-10)6-3-9(8)12/h3,6-7H,2,4-5H2,1H3. The maximum atomic E-state index is 11.0. The lowest BCUT2D eigenvalue weighted by Gasteiger charge is -2.04. The molecule has 0 fully saturated rings. The normalized spacial score (nSPS) is 10.2. The third-order valence-electron chi connectivity index (χ3n) is 1.72. The average Bonchev–Trinajstić information content (AvgIpc) is 2.07. The maximum Gasteiger partial charge on any atom is 0.184 e. The zero-order valence-corrected chi connectivity index (χ0v) is 7.84. The van der Waals surface area contributed by atoms with Crippen molar-refractivity contribution in [1.29, 1.82) is 0 Å². The molecule has 12 heavy (non-hydrogen) atoms. The van der Waals surface area contributed by atoms with Crippen LogP contribution in [0.25, 0.3) is 0 Å². The number of hydrogen-bond donors (Lipinski definition) is 0. The summed E-state index contributed by atoms with van der Waals surface area (Å²) in [5.74, 6) is 0.658. The average molecular weight is 186 g/mol. The fraction of sp³-hybridized carbons (Fsp3) is 0.444. The predicted molar refractivity (Wildman–Crippen MR) is 50.8 cm³/mol. The molecule has 0 spiro atoms. The van der Waals surface area contributed by atoms with Gasteiger partial charge in [0.05, 0.1) is 0 Å². The minimum absolute atomic E-state index is 0.0946. The van der Waals surface area contributed by atoms with Crippen LogP contribution in [0.1, 0.15) is 12.0 Å². The first-order chi connectivity index (χ1) is 5.74. The van der Waals surface area contributed by atoms with Gasteiger partial charge in [-0.1, -0.05) is 0 Å². The summed E-state index contributed by atoms with van der Waals surface area (Å²) in [5.41, 5.74) is 0.879. The van der Waals surface area contributed by atoms with E-state index in [2.05, 4.69) is 0 Å². The van der Waals surface area contributed by atoms with Crippen LogP contribution in [0.5, 0.6) is 0 Å². The van der Waals surface area contributed by atoms with Gasteiger partial charge in [-0.15, -0.1) is 11.6 Å². The van der Waals surface area contributed by atoms with Crippen LogP contribution in [0, 0.1) is 6.92 Å². The zero-order chi connectivity index (χ0) is 8.97. The number of nitrogens with zero attached hydrogens (tertiary/aromatic N) is 1. The van der Waals surface area contributed by atoms with Gasteiger partial charge in [-0.25, -0.2) is 0 Å². The molecule has 0 radical (unpaired) electrons. The quantitative estimate of drug-likeness (QED) is 0.659. The van der Waals surface area contributed by atoms with E-state index in [0.29, 0.717) is 5.88 Å². The van der Waals surface area contributed by atoms with Gasteiger partial charge in [0.25, 0.3) is 0 Å². The SMILES string of the molecule is Cc1cn(CCCCl)ccc1=O. The Bertz CT molecular complexity index is 306. The minimum atomic E-state index is 0.0946. The van der Waals surface area contributed by atoms with Crippen LogP contribution in [0.15, 0.2) is 23.3 Å². The van der Waals surface area contributed by atoms with Gasteiger partial charge >= 0.3 is 0 Å². The highest BCUT2D eigenvalue weighted by molar-refractivity contribution is 6.17. The molecular weight excluding hydrogens is 174 g/mol. The summed E-state index contributed by atoms with van der Waals surface area (Å²) in [6, 6.07) is 1.59. The second kappa shape index (κ2) is 4.31. The Hall–Kier alpha value is -0.760. The molecule has 0 aromatic carbocycles. The first-order valence-electron chi connectivity index (χ1n) is 3.96.